The van der Waals surface area contributed by atoms with Gasteiger partial charge in [-0.05, 0) is 63.1 Å². The van der Waals surface area contributed by atoms with Gasteiger partial charge in [-0.2, -0.15) is 0 Å². The first kappa shape index (κ1) is 20.0. The van der Waals surface area contributed by atoms with Crippen LogP contribution >= 0.6 is 0 Å². The molecule has 1 fully saturated rings. The van der Waals surface area contributed by atoms with Crippen LogP contribution in [0, 0.1) is 13.8 Å². The van der Waals surface area contributed by atoms with E-state index in [1.807, 2.05) is 37.3 Å². The first-order valence-electron chi connectivity index (χ1n) is 10.1. The first-order chi connectivity index (χ1) is 14.5. The fourth-order valence-corrected chi connectivity index (χ4v) is 3.77. The molecule has 1 saturated heterocycles. The number of carbonyl (C=O) groups excluding carboxylic acids is 1. The highest BCUT2D eigenvalue weighted by Crippen LogP contribution is 2.24. The van der Waals surface area contributed by atoms with Crippen LogP contribution in [-0.4, -0.2) is 29.0 Å². The Labute approximate surface area is 174 Å². The maximum Gasteiger partial charge on any atom is 0.349 e. The minimum absolute atomic E-state index is 0.0332. The van der Waals surface area contributed by atoms with E-state index in [0.29, 0.717) is 22.8 Å². The van der Waals surface area contributed by atoms with Crippen LogP contribution in [0.15, 0.2) is 51.8 Å². The molecule has 7 heteroatoms. The molecule has 0 aliphatic carbocycles. The van der Waals surface area contributed by atoms with Gasteiger partial charge in [-0.1, -0.05) is 12.1 Å². The lowest BCUT2D eigenvalue weighted by molar-refractivity contribution is 0.102. The standard InChI is InChI=1S/C23H24N4O3/c1-14-11-20(17-6-4-9-24-13-17)30-23(29)21(14)22(28)27-18-7-3-5-16(12-18)19-8-10-25-15(2)26-19/h3,5,7-8,10-12,17,24H,4,6,9,13H2,1-2H3,(H,27,28). The molecular formula is C23H24N4O3. The summed E-state index contributed by atoms with van der Waals surface area (Å²) in [5.41, 5.74) is 2.24. The summed E-state index contributed by atoms with van der Waals surface area (Å²) in [5, 5.41) is 6.12. The van der Waals surface area contributed by atoms with Crippen molar-refractivity contribution in [2.45, 2.75) is 32.6 Å². The molecule has 3 heterocycles. The third-order valence-electron chi connectivity index (χ3n) is 5.29. The molecular weight excluding hydrogens is 380 g/mol. The van der Waals surface area contributed by atoms with Crippen LogP contribution in [0.2, 0.25) is 0 Å². The Morgan fingerprint density at radius 2 is 2.10 bits per heavy atom. The molecule has 154 valence electrons. The van der Waals surface area contributed by atoms with E-state index in [1.165, 1.54) is 0 Å². The number of nitrogens with one attached hydrogen (secondary N) is 2. The number of carbonyl (C=O) groups is 1. The lowest BCUT2D eigenvalue weighted by Crippen LogP contribution is -2.30. The first-order valence-corrected chi connectivity index (χ1v) is 10.1. The summed E-state index contributed by atoms with van der Waals surface area (Å²) in [5.74, 6) is 0.992. The number of anilines is 1. The van der Waals surface area contributed by atoms with Crippen LogP contribution in [0.4, 0.5) is 5.69 Å². The molecule has 0 saturated carbocycles. The van der Waals surface area contributed by atoms with E-state index < -0.39 is 11.5 Å². The van der Waals surface area contributed by atoms with Crippen molar-refractivity contribution in [1.82, 2.24) is 15.3 Å². The van der Waals surface area contributed by atoms with E-state index in [4.69, 9.17) is 4.42 Å². The zero-order valence-corrected chi connectivity index (χ0v) is 17.1. The number of piperidine rings is 1. The van der Waals surface area contributed by atoms with Crippen molar-refractivity contribution in [2.24, 2.45) is 0 Å². The van der Waals surface area contributed by atoms with Crippen LogP contribution < -0.4 is 16.3 Å². The molecule has 1 aliphatic rings. The Balaban J connectivity index is 1.57. The zero-order valence-electron chi connectivity index (χ0n) is 17.1. The summed E-state index contributed by atoms with van der Waals surface area (Å²) in [7, 11) is 0. The molecule has 1 aromatic carbocycles. The van der Waals surface area contributed by atoms with E-state index in [2.05, 4.69) is 20.6 Å². The highest BCUT2D eigenvalue weighted by atomic mass is 16.4. The van der Waals surface area contributed by atoms with Crippen molar-refractivity contribution in [3.05, 3.63) is 75.7 Å². The molecule has 2 aromatic heterocycles. The van der Waals surface area contributed by atoms with Gasteiger partial charge in [-0.15, -0.1) is 0 Å². The van der Waals surface area contributed by atoms with Gasteiger partial charge in [0.05, 0.1) is 5.69 Å². The van der Waals surface area contributed by atoms with Crippen LogP contribution in [-0.2, 0) is 0 Å². The Morgan fingerprint density at radius 1 is 1.23 bits per heavy atom. The summed E-state index contributed by atoms with van der Waals surface area (Å²) in [6, 6.07) is 11.0. The molecule has 0 radical (unpaired) electrons. The number of nitrogens with zero attached hydrogens (tertiary/aromatic N) is 2. The number of rotatable bonds is 4. The summed E-state index contributed by atoms with van der Waals surface area (Å²) in [6.45, 7) is 5.35. The Morgan fingerprint density at radius 3 is 2.83 bits per heavy atom. The third-order valence-corrected chi connectivity index (χ3v) is 5.29. The average Bonchev–Trinajstić information content (AvgIpc) is 2.74. The van der Waals surface area contributed by atoms with Gasteiger partial charge < -0.3 is 15.1 Å². The fourth-order valence-electron chi connectivity index (χ4n) is 3.77. The Kier molecular flexibility index (Phi) is 5.72. The van der Waals surface area contributed by atoms with Gasteiger partial charge in [-0.25, -0.2) is 14.8 Å². The minimum Gasteiger partial charge on any atom is -0.427 e. The average molecular weight is 404 g/mol. The molecule has 0 bridgehead atoms. The normalized spacial score (nSPS) is 16.3. The number of amides is 1. The van der Waals surface area contributed by atoms with Crippen LogP contribution in [0.3, 0.4) is 0 Å². The summed E-state index contributed by atoms with van der Waals surface area (Å²) < 4.78 is 5.52. The second kappa shape index (κ2) is 8.59. The maximum absolute atomic E-state index is 12.8. The lowest BCUT2D eigenvalue weighted by Gasteiger charge is -2.22. The highest BCUT2D eigenvalue weighted by Gasteiger charge is 2.22. The van der Waals surface area contributed by atoms with Crippen molar-refractivity contribution < 1.29 is 9.21 Å². The van der Waals surface area contributed by atoms with E-state index >= 15 is 0 Å². The predicted octanol–water partition coefficient (Wildman–Crippen LogP) is 3.43. The summed E-state index contributed by atoms with van der Waals surface area (Å²) in [4.78, 5) is 33.9. The van der Waals surface area contributed by atoms with Gasteiger partial charge in [0.25, 0.3) is 5.91 Å². The van der Waals surface area contributed by atoms with Crippen LogP contribution in [0.1, 0.15) is 46.3 Å². The van der Waals surface area contributed by atoms with E-state index in [1.54, 1.807) is 19.2 Å². The molecule has 1 aliphatic heterocycles. The number of hydrogen-bond donors (Lipinski definition) is 2. The Hall–Kier alpha value is -3.32. The van der Waals surface area contributed by atoms with Gasteiger partial charge in [-0.3, -0.25) is 4.79 Å². The van der Waals surface area contributed by atoms with Crippen molar-refractivity contribution in [1.29, 1.82) is 0 Å². The van der Waals surface area contributed by atoms with Crippen molar-refractivity contribution >= 4 is 11.6 Å². The quantitative estimate of drug-likeness (QED) is 0.691. The molecule has 1 amide bonds. The van der Waals surface area contributed by atoms with Gasteiger partial charge in [0.15, 0.2) is 0 Å². The Bertz CT molecular complexity index is 1130. The van der Waals surface area contributed by atoms with E-state index in [9.17, 15) is 9.59 Å². The third kappa shape index (κ3) is 4.31. The van der Waals surface area contributed by atoms with Crippen molar-refractivity contribution in [3.63, 3.8) is 0 Å². The van der Waals surface area contributed by atoms with E-state index in [0.717, 1.165) is 37.2 Å². The van der Waals surface area contributed by atoms with Gasteiger partial charge in [0.1, 0.15) is 17.1 Å². The minimum atomic E-state index is -0.601. The van der Waals surface area contributed by atoms with Crippen molar-refractivity contribution in [3.8, 4) is 11.3 Å². The number of hydrogen-bond acceptors (Lipinski definition) is 6. The predicted molar refractivity (Wildman–Crippen MR) is 115 cm³/mol. The van der Waals surface area contributed by atoms with Gasteiger partial charge >= 0.3 is 5.63 Å². The van der Waals surface area contributed by atoms with Crippen LogP contribution in [0.25, 0.3) is 11.3 Å². The zero-order chi connectivity index (χ0) is 21.1. The smallest absolute Gasteiger partial charge is 0.349 e. The number of aryl methyl sites for hydroxylation is 2. The second-order valence-corrected chi connectivity index (χ2v) is 7.56. The summed E-state index contributed by atoms with van der Waals surface area (Å²) >= 11 is 0. The monoisotopic (exact) mass is 404 g/mol. The molecule has 2 N–H and O–H groups in total. The van der Waals surface area contributed by atoms with Gasteiger partial charge in [0.2, 0.25) is 0 Å². The molecule has 3 aromatic rings. The number of aromatic nitrogens is 2. The SMILES string of the molecule is Cc1nccc(-c2cccc(NC(=O)c3c(C)cc(C4CCCNC4)oc3=O)c2)n1. The molecule has 7 nitrogen and oxygen atoms in total. The molecule has 4 rings (SSSR count). The van der Waals surface area contributed by atoms with E-state index in [-0.39, 0.29) is 11.5 Å². The van der Waals surface area contributed by atoms with Gasteiger partial charge in [0, 0.05) is 29.9 Å². The second-order valence-electron chi connectivity index (χ2n) is 7.56. The summed E-state index contributed by atoms with van der Waals surface area (Å²) in [6.07, 6.45) is 3.70. The molecule has 0 spiro atoms. The molecule has 1 unspecified atom stereocenters. The number of benzene rings is 1. The van der Waals surface area contributed by atoms with Crippen molar-refractivity contribution in [2.75, 3.05) is 18.4 Å². The largest absolute Gasteiger partial charge is 0.427 e. The fraction of sp³-hybridized carbons (Fsp3) is 0.304. The topological polar surface area (TPSA) is 97.1 Å². The lowest BCUT2D eigenvalue weighted by atomic mass is 9.95. The molecule has 1 atom stereocenters. The van der Waals surface area contributed by atoms with Crippen LogP contribution in [0.5, 0.6) is 0 Å². The highest BCUT2D eigenvalue weighted by molar-refractivity contribution is 6.05. The molecule has 30 heavy (non-hydrogen) atoms. The maximum atomic E-state index is 12.8.